The first-order chi connectivity index (χ1) is 13.5. The first kappa shape index (κ1) is 21.5. The fraction of sp³-hybridized carbons (Fsp3) is 0.286. The Morgan fingerprint density at radius 3 is 2.21 bits per heavy atom. The van der Waals surface area contributed by atoms with Crippen LogP contribution in [0.15, 0.2) is 65.6 Å². The van der Waals surface area contributed by atoms with Gasteiger partial charge in [-0.2, -0.15) is 0 Å². The lowest BCUT2D eigenvalue weighted by atomic mass is 10.1. The van der Waals surface area contributed by atoms with E-state index in [-0.39, 0.29) is 6.04 Å². The third-order valence-electron chi connectivity index (χ3n) is 3.90. The Bertz CT molecular complexity index is 784. The molecule has 0 unspecified atom stereocenters. The molecule has 0 saturated carbocycles. The minimum atomic E-state index is -0.675. The fourth-order valence-electron chi connectivity index (χ4n) is 2.25. The summed E-state index contributed by atoms with van der Waals surface area (Å²) in [6.45, 7) is 3.23. The average Bonchev–Trinajstić information content (AvgIpc) is 2.71. The van der Waals surface area contributed by atoms with Crippen LogP contribution in [0.25, 0.3) is 0 Å². The second kappa shape index (κ2) is 11.1. The van der Waals surface area contributed by atoms with E-state index in [1.54, 1.807) is 0 Å². The second-order valence-electron chi connectivity index (χ2n) is 6.16. The molecule has 0 bridgehead atoms. The van der Waals surface area contributed by atoms with E-state index in [4.69, 9.17) is 4.74 Å². The van der Waals surface area contributed by atoms with Crippen molar-refractivity contribution >= 4 is 29.7 Å². The molecule has 2 aromatic rings. The molecule has 0 saturated heterocycles. The van der Waals surface area contributed by atoms with Crippen molar-refractivity contribution in [2.75, 3.05) is 6.61 Å². The van der Waals surface area contributed by atoms with E-state index in [0.29, 0.717) is 0 Å². The minimum Gasteiger partial charge on any atom is -0.454 e. The zero-order valence-electron chi connectivity index (χ0n) is 15.9. The van der Waals surface area contributed by atoms with Crippen molar-refractivity contribution < 1.29 is 19.1 Å². The summed E-state index contributed by atoms with van der Waals surface area (Å²) < 4.78 is 5.17. The molecule has 2 atom stereocenters. The molecule has 2 N–H and O–H groups in total. The van der Waals surface area contributed by atoms with Gasteiger partial charge in [-0.05, 0) is 31.0 Å². The number of ether oxygens (including phenoxy) is 1. The molecule has 0 aliphatic carbocycles. The molecule has 0 aliphatic heterocycles. The van der Waals surface area contributed by atoms with Crippen molar-refractivity contribution in [2.24, 2.45) is 0 Å². The predicted octanol–water partition coefficient (Wildman–Crippen LogP) is 3.69. The summed E-state index contributed by atoms with van der Waals surface area (Å²) in [5.41, 5.74) is 0.774. The fourth-order valence-corrected chi connectivity index (χ4v) is 3.30. The summed E-state index contributed by atoms with van der Waals surface area (Å²) in [5, 5.41) is 4.15. The third-order valence-corrected chi connectivity index (χ3v) is 5.15. The SMILES string of the molecule is CC[C@H](C)NC(=O)NC(=O)COC(=O)[C@@H](Sc1ccccc1)c1ccccc1. The lowest BCUT2D eigenvalue weighted by molar-refractivity contribution is -0.147. The molecule has 3 amide bonds. The number of urea groups is 1. The minimum absolute atomic E-state index is 0.0555. The maximum atomic E-state index is 12.6. The van der Waals surface area contributed by atoms with Crippen molar-refractivity contribution in [3.8, 4) is 0 Å². The molecular weight excluding hydrogens is 376 g/mol. The van der Waals surface area contributed by atoms with Crippen LogP contribution >= 0.6 is 11.8 Å². The van der Waals surface area contributed by atoms with Gasteiger partial charge in [0.2, 0.25) is 0 Å². The van der Waals surface area contributed by atoms with Crippen LogP contribution in [0.2, 0.25) is 0 Å². The number of imide groups is 1. The third kappa shape index (κ3) is 7.08. The van der Waals surface area contributed by atoms with Gasteiger partial charge in [0.05, 0.1) is 0 Å². The zero-order valence-corrected chi connectivity index (χ0v) is 16.7. The normalized spacial score (nSPS) is 12.5. The van der Waals surface area contributed by atoms with Crippen molar-refractivity contribution in [2.45, 2.75) is 36.5 Å². The van der Waals surface area contributed by atoms with Gasteiger partial charge in [-0.15, -0.1) is 11.8 Å². The molecule has 0 heterocycles. The van der Waals surface area contributed by atoms with Crippen LogP contribution in [-0.4, -0.2) is 30.6 Å². The summed E-state index contributed by atoms with van der Waals surface area (Å²) >= 11 is 1.34. The highest BCUT2D eigenvalue weighted by Gasteiger charge is 2.24. The van der Waals surface area contributed by atoms with E-state index in [1.165, 1.54) is 11.8 Å². The van der Waals surface area contributed by atoms with Gasteiger partial charge >= 0.3 is 12.0 Å². The molecule has 7 heteroatoms. The van der Waals surface area contributed by atoms with Crippen LogP contribution in [0.1, 0.15) is 31.1 Å². The Balaban J connectivity index is 1.97. The van der Waals surface area contributed by atoms with E-state index in [2.05, 4.69) is 10.6 Å². The van der Waals surface area contributed by atoms with Gasteiger partial charge in [0.25, 0.3) is 5.91 Å². The van der Waals surface area contributed by atoms with Crippen LogP contribution in [0.3, 0.4) is 0 Å². The lowest BCUT2D eigenvalue weighted by Crippen LogP contribution is -2.44. The summed E-state index contributed by atoms with van der Waals surface area (Å²) in [6.07, 6.45) is 0.742. The van der Waals surface area contributed by atoms with E-state index < -0.39 is 29.8 Å². The maximum Gasteiger partial charge on any atom is 0.324 e. The molecule has 6 nitrogen and oxygen atoms in total. The number of amides is 3. The largest absolute Gasteiger partial charge is 0.454 e. The quantitative estimate of drug-likeness (QED) is 0.521. The lowest BCUT2D eigenvalue weighted by Gasteiger charge is -2.16. The molecular formula is C21H24N2O4S. The highest BCUT2D eigenvalue weighted by atomic mass is 32.2. The van der Waals surface area contributed by atoms with Gasteiger partial charge in [0, 0.05) is 10.9 Å². The van der Waals surface area contributed by atoms with E-state index in [9.17, 15) is 14.4 Å². The van der Waals surface area contributed by atoms with Crippen molar-refractivity contribution in [1.29, 1.82) is 0 Å². The maximum absolute atomic E-state index is 12.6. The molecule has 2 aromatic carbocycles. The number of thioether (sulfide) groups is 1. The monoisotopic (exact) mass is 400 g/mol. The number of hydrogen-bond acceptors (Lipinski definition) is 5. The van der Waals surface area contributed by atoms with Crippen LogP contribution in [0.4, 0.5) is 4.79 Å². The van der Waals surface area contributed by atoms with E-state index >= 15 is 0 Å². The van der Waals surface area contributed by atoms with Crippen LogP contribution in [0, 0.1) is 0 Å². The van der Waals surface area contributed by atoms with Crippen molar-refractivity contribution in [3.63, 3.8) is 0 Å². The van der Waals surface area contributed by atoms with Crippen molar-refractivity contribution in [3.05, 3.63) is 66.2 Å². The first-order valence-electron chi connectivity index (χ1n) is 9.03. The number of rotatable bonds is 8. The van der Waals surface area contributed by atoms with E-state index in [0.717, 1.165) is 16.9 Å². The summed E-state index contributed by atoms with van der Waals surface area (Å²) in [5.74, 6) is -1.22. The molecule has 2 rings (SSSR count). The predicted molar refractivity (Wildman–Crippen MR) is 109 cm³/mol. The summed E-state index contributed by atoms with van der Waals surface area (Å²) in [7, 11) is 0. The second-order valence-corrected chi connectivity index (χ2v) is 7.34. The number of carbonyl (C=O) groups is 3. The number of nitrogens with one attached hydrogen (secondary N) is 2. The Morgan fingerprint density at radius 1 is 1.00 bits per heavy atom. The molecule has 0 aliphatic rings. The smallest absolute Gasteiger partial charge is 0.324 e. The highest BCUT2D eigenvalue weighted by molar-refractivity contribution is 8.00. The van der Waals surface area contributed by atoms with Crippen molar-refractivity contribution in [1.82, 2.24) is 10.6 Å². The van der Waals surface area contributed by atoms with Gasteiger partial charge in [0.15, 0.2) is 6.61 Å². The van der Waals surface area contributed by atoms with E-state index in [1.807, 2.05) is 74.5 Å². The number of esters is 1. The summed E-state index contributed by atoms with van der Waals surface area (Å²) in [6, 6.07) is 18.0. The number of hydrogen-bond donors (Lipinski definition) is 2. The summed E-state index contributed by atoms with van der Waals surface area (Å²) in [4.78, 5) is 37.1. The molecule has 0 spiro atoms. The van der Waals surface area contributed by atoms with Gasteiger partial charge in [0.1, 0.15) is 5.25 Å². The van der Waals surface area contributed by atoms with Crippen LogP contribution in [0.5, 0.6) is 0 Å². The molecule has 0 radical (unpaired) electrons. The number of benzene rings is 2. The molecule has 0 fully saturated rings. The highest BCUT2D eigenvalue weighted by Crippen LogP contribution is 2.36. The Labute approximate surface area is 169 Å². The average molecular weight is 401 g/mol. The Morgan fingerprint density at radius 2 is 1.61 bits per heavy atom. The Kier molecular flexibility index (Phi) is 8.55. The van der Waals surface area contributed by atoms with Crippen LogP contribution < -0.4 is 10.6 Å². The van der Waals surface area contributed by atoms with Crippen LogP contribution in [-0.2, 0) is 14.3 Å². The zero-order chi connectivity index (χ0) is 20.4. The number of carbonyl (C=O) groups excluding carboxylic acids is 3. The standard InChI is InChI=1S/C21H24N2O4S/c1-3-15(2)22-21(26)23-18(24)14-27-20(25)19(16-10-6-4-7-11-16)28-17-12-8-5-9-13-17/h4-13,15,19H,3,14H2,1-2H3,(H2,22,23,24,26)/t15-,19-/m0/s1. The van der Waals surface area contributed by atoms with Gasteiger partial charge in [-0.25, -0.2) is 4.79 Å². The van der Waals surface area contributed by atoms with Gasteiger partial charge < -0.3 is 10.1 Å². The Hall–Kier alpha value is -2.80. The molecule has 148 valence electrons. The van der Waals surface area contributed by atoms with Gasteiger partial charge in [-0.1, -0.05) is 55.5 Å². The van der Waals surface area contributed by atoms with Gasteiger partial charge in [-0.3, -0.25) is 14.9 Å². The topological polar surface area (TPSA) is 84.5 Å². The first-order valence-corrected chi connectivity index (χ1v) is 9.91. The molecule has 28 heavy (non-hydrogen) atoms. The molecule has 0 aromatic heterocycles.